The van der Waals surface area contributed by atoms with E-state index in [0.717, 1.165) is 21.4 Å². The van der Waals surface area contributed by atoms with Crippen molar-refractivity contribution in [2.75, 3.05) is 5.32 Å². The van der Waals surface area contributed by atoms with E-state index in [4.69, 9.17) is 11.6 Å². The van der Waals surface area contributed by atoms with Crippen molar-refractivity contribution in [2.24, 2.45) is 0 Å². The van der Waals surface area contributed by atoms with Crippen LogP contribution in [0.15, 0.2) is 65.4 Å². The van der Waals surface area contributed by atoms with Gasteiger partial charge in [-0.2, -0.15) is 5.10 Å². The Kier molecular flexibility index (Phi) is 4.79. The molecule has 6 heteroatoms. The fourth-order valence-electron chi connectivity index (χ4n) is 2.13. The molecule has 3 aromatic rings. The molecule has 0 saturated heterocycles. The summed E-state index contributed by atoms with van der Waals surface area (Å²) < 4.78 is 2.67. The normalized spacial score (nSPS) is 10.5. The minimum absolute atomic E-state index is 0.0677. The second-order valence-electron chi connectivity index (χ2n) is 5.00. The van der Waals surface area contributed by atoms with Gasteiger partial charge < -0.3 is 5.32 Å². The molecule has 0 aliphatic rings. The number of nitrogens with zero attached hydrogens (tertiary/aromatic N) is 2. The fourth-order valence-corrected chi connectivity index (χ4v) is 2.54. The van der Waals surface area contributed by atoms with Crippen LogP contribution in [0.3, 0.4) is 0 Å². The van der Waals surface area contributed by atoms with Crippen molar-refractivity contribution in [3.63, 3.8) is 0 Å². The van der Waals surface area contributed by atoms with Crippen molar-refractivity contribution in [2.45, 2.75) is 6.42 Å². The number of carbonyl (C=O) groups is 1. The molecular formula is C17H13BrClN3O. The highest BCUT2D eigenvalue weighted by atomic mass is 79.9. The molecule has 4 nitrogen and oxygen atoms in total. The Labute approximate surface area is 147 Å². The molecule has 0 saturated carbocycles. The van der Waals surface area contributed by atoms with Crippen LogP contribution in [-0.2, 0) is 11.2 Å². The Morgan fingerprint density at radius 2 is 1.83 bits per heavy atom. The minimum atomic E-state index is -0.0677. The van der Waals surface area contributed by atoms with Crippen molar-refractivity contribution in [1.29, 1.82) is 0 Å². The molecule has 0 bridgehead atoms. The Morgan fingerprint density at radius 3 is 2.43 bits per heavy atom. The molecule has 1 N–H and O–H groups in total. The summed E-state index contributed by atoms with van der Waals surface area (Å²) in [5.74, 6) is -0.0677. The van der Waals surface area contributed by atoms with Crippen LogP contribution in [0.5, 0.6) is 0 Å². The summed E-state index contributed by atoms with van der Waals surface area (Å²) in [5.41, 5.74) is 2.59. The zero-order valence-electron chi connectivity index (χ0n) is 12.0. The van der Waals surface area contributed by atoms with Gasteiger partial charge in [0, 0.05) is 16.9 Å². The smallest absolute Gasteiger partial charge is 0.228 e. The molecule has 0 aliphatic heterocycles. The number of benzene rings is 2. The zero-order valence-corrected chi connectivity index (χ0v) is 14.4. The third kappa shape index (κ3) is 4.21. The van der Waals surface area contributed by atoms with E-state index in [1.807, 2.05) is 42.6 Å². The Hall–Kier alpha value is -2.11. The molecule has 23 heavy (non-hydrogen) atoms. The molecule has 2 aromatic carbocycles. The number of amides is 1. The first-order valence-electron chi connectivity index (χ1n) is 6.95. The van der Waals surface area contributed by atoms with Crippen LogP contribution < -0.4 is 5.32 Å². The zero-order chi connectivity index (χ0) is 16.2. The summed E-state index contributed by atoms with van der Waals surface area (Å²) in [6.07, 6.45) is 3.90. The molecule has 1 aromatic heterocycles. The lowest BCUT2D eigenvalue weighted by molar-refractivity contribution is -0.115. The van der Waals surface area contributed by atoms with Gasteiger partial charge in [-0.25, -0.2) is 4.68 Å². The van der Waals surface area contributed by atoms with Gasteiger partial charge in [0.2, 0.25) is 5.91 Å². The first-order chi connectivity index (χ1) is 11.1. The molecule has 1 amide bonds. The molecular weight excluding hydrogens is 378 g/mol. The van der Waals surface area contributed by atoms with Crippen LogP contribution >= 0.6 is 27.5 Å². The first-order valence-corrected chi connectivity index (χ1v) is 8.12. The molecule has 0 atom stereocenters. The average molecular weight is 391 g/mol. The van der Waals surface area contributed by atoms with Gasteiger partial charge in [0.15, 0.2) is 0 Å². The minimum Gasteiger partial charge on any atom is -0.326 e. The Morgan fingerprint density at radius 1 is 1.13 bits per heavy atom. The SMILES string of the molecule is O=C(Cc1ccc(Cl)cc1)Nc1ccc(-n2cc(Br)cn2)cc1. The van der Waals surface area contributed by atoms with Gasteiger partial charge >= 0.3 is 0 Å². The third-order valence-electron chi connectivity index (χ3n) is 3.24. The van der Waals surface area contributed by atoms with Gasteiger partial charge in [0.05, 0.1) is 22.8 Å². The molecule has 0 spiro atoms. The second-order valence-corrected chi connectivity index (χ2v) is 6.35. The van der Waals surface area contributed by atoms with Crippen LogP contribution in [0.4, 0.5) is 5.69 Å². The number of anilines is 1. The lowest BCUT2D eigenvalue weighted by atomic mass is 10.1. The van der Waals surface area contributed by atoms with E-state index in [2.05, 4.69) is 26.3 Å². The lowest BCUT2D eigenvalue weighted by Gasteiger charge is -2.07. The number of nitrogens with one attached hydrogen (secondary N) is 1. The number of rotatable bonds is 4. The number of aromatic nitrogens is 2. The van der Waals surface area contributed by atoms with E-state index in [0.29, 0.717) is 11.4 Å². The molecule has 3 rings (SSSR count). The molecule has 0 radical (unpaired) electrons. The topological polar surface area (TPSA) is 46.9 Å². The van der Waals surface area contributed by atoms with Crippen LogP contribution in [0.25, 0.3) is 5.69 Å². The van der Waals surface area contributed by atoms with Gasteiger partial charge in [-0.3, -0.25) is 4.79 Å². The van der Waals surface area contributed by atoms with Crippen LogP contribution in [0.2, 0.25) is 5.02 Å². The van der Waals surface area contributed by atoms with Gasteiger partial charge in [-0.05, 0) is 57.9 Å². The maximum Gasteiger partial charge on any atom is 0.228 e. The Bertz CT molecular complexity index is 813. The summed E-state index contributed by atoms with van der Waals surface area (Å²) in [5, 5.41) is 7.75. The van der Waals surface area contributed by atoms with Crippen LogP contribution in [0, 0.1) is 0 Å². The van der Waals surface area contributed by atoms with Crippen molar-refractivity contribution in [3.05, 3.63) is 76.0 Å². The Balaban J connectivity index is 1.63. The summed E-state index contributed by atoms with van der Waals surface area (Å²) in [4.78, 5) is 12.1. The van der Waals surface area contributed by atoms with Crippen molar-refractivity contribution in [3.8, 4) is 5.69 Å². The monoisotopic (exact) mass is 389 g/mol. The highest BCUT2D eigenvalue weighted by Crippen LogP contribution is 2.16. The van der Waals surface area contributed by atoms with E-state index >= 15 is 0 Å². The van der Waals surface area contributed by atoms with E-state index in [-0.39, 0.29) is 5.91 Å². The molecule has 1 heterocycles. The summed E-state index contributed by atoms with van der Waals surface area (Å²) >= 11 is 9.20. The predicted octanol–water partition coefficient (Wildman–Crippen LogP) is 4.47. The predicted molar refractivity (Wildman–Crippen MR) is 95.0 cm³/mol. The standard InChI is InChI=1S/C17H13BrClN3O/c18-13-10-20-22(11-13)16-7-5-15(6-8-16)21-17(23)9-12-1-3-14(19)4-2-12/h1-8,10-11H,9H2,(H,21,23). The number of hydrogen-bond donors (Lipinski definition) is 1. The second kappa shape index (κ2) is 6.98. The molecule has 0 fully saturated rings. The van der Waals surface area contributed by atoms with Gasteiger partial charge in [-0.1, -0.05) is 23.7 Å². The maximum atomic E-state index is 12.1. The summed E-state index contributed by atoms with van der Waals surface area (Å²) in [6, 6.07) is 14.8. The largest absolute Gasteiger partial charge is 0.326 e. The molecule has 0 unspecified atom stereocenters. The first kappa shape index (κ1) is 15.8. The summed E-state index contributed by atoms with van der Waals surface area (Å²) in [7, 11) is 0. The molecule has 0 aliphatic carbocycles. The molecule has 116 valence electrons. The van der Waals surface area contributed by atoms with Crippen molar-refractivity contribution < 1.29 is 4.79 Å². The number of hydrogen-bond acceptors (Lipinski definition) is 2. The fraction of sp³-hybridized carbons (Fsp3) is 0.0588. The number of carbonyl (C=O) groups excluding carboxylic acids is 1. The third-order valence-corrected chi connectivity index (χ3v) is 3.91. The van der Waals surface area contributed by atoms with E-state index in [9.17, 15) is 4.79 Å². The van der Waals surface area contributed by atoms with Gasteiger partial charge in [0.25, 0.3) is 0 Å². The van der Waals surface area contributed by atoms with E-state index < -0.39 is 0 Å². The quantitative estimate of drug-likeness (QED) is 0.714. The van der Waals surface area contributed by atoms with Crippen molar-refractivity contribution >= 4 is 39.1 Å². The maximum absolute atomic E-state index is 12.1. The number of halogens is 2. The average Bonchev–Trinajstić information content (AvgIpc) is 2.97. The van der Waals surface area contributed by atoms with Crippen LogP contribution in [0.1, 0.15) is 5.56 Å². The van der Waals surface area contributed by atoms with Crippen LogP contribution in [-0.4, -0.2) is 15.7 Å². The van der Waals surface area contributed by atoms with Gasteiger partial charge in [0.1, 0.15) is 0 Å². The van der Waals surface area contributed by atoms with Crippen molar-refractivity contribution in [1.82, 2.24) is 9.78 Å². The van der Waals surface area contributed by atoms with Gasteiger partial charge in [-0.15, -0.1) is 0 Å². The highest BCUT2D eigenvalue weighted by molar-refractivity contribution is 9.10. The van der Waals surface area contributed by atoms with E-state index in [1.54, 1.807) is 23.0 Å². The van der Waals surface area contributed by atoms with E-state index in [1.165, 1.54) is 0 Å². The lowest BCUT2D eigenvalue weighted by Crippen LogP contribution is -2.14. The highest BCUT2D eigenvalue weighted by Gasteiger charge is 2.05. The summed E-state index contributed by atoms with van der Waals surface area (Å²) in [6.45, 7) is 0.